The summed E-state index contributed by atoms with van der Waals surface area (Å²) >= 11 is 0. The van der Waals surface area contributed by atoms with Crippen LogP contribution in [0.2, 0.25) is 0 Å². The van der Waals surface area contributed by atoms with E-state index in [1.165, 1.54) is 0 Å². The Morgan fingerprint density at radius 1 is 1.04 bits per heavy atom. The Kier molecular flexibility index (Phi) is 5.88. The first-order chi connectivity index (χ1) is 13.5. The highest BCUT2D eigenvalue weighted by molar-refractivity contribution is 5.92. The van der Waals surface area contributed by atoms with E-state index in [-0.39, 0.29) is 11.6 Å². The molecule has 0 aliphatic rings. The third kappa shape index (κ3) is 4.28. The zero-order valence-corrected chi connectivity index (χ0v) is 16.4. The number of rotatable bonds is 7. The molecule has 0 bridgehead atoms. The topological polar surface area (TPSA) is 91.2 Å². The van der Waals surface area contributed by atoms with Crippen LogP contribution in [0.3, 0.4) is 0 Å². The number of carbonyl (C=O) groups excluding carboxylic acids is 1. The van der Waals surface area contributed by atoms with Crippen LogP contribution in [0.15, 0.2) is 36.4 Å². The smallest absolute Gasteiger partial charge is 0.271 e. The van der Waals surface area contributed by atoms with E-state index < -0.39 is 0 Å². The fourth-order valence-electron chi connectivity index (χ4n) is 2.87. The first kappa shape index (κ1) is 19.3. The van der Waals surface area contributed by atoms with Gasteiger partial charge in [0.1, 0.15) is 0 Å². The minimum atomic E-state index is -0.270. The molecule has 2 aromatic heterocycles. The quantitative estimate of drug-likeness (QED) is 0.675. The number of nitrogens with zero attached hydrogens (tertiary/aromatic N) is 4. The summed E-state index contributed by atoms with van der Waals surface area (Å²) in [5, 5.41) is 15.3. The van der Waals surface area contributed by atoms with Gasteiger partial charge in [-0.15, -0.1) is 10.2 Å². The van der Waals surface area contributed by atoms with Crippen LogP contribution < -0.4 is 14.8 Å². The van der Waals surface area contributed by atoms with Gasteiger partial charge < -0.3 is 14.8 Å². The minimum Gasteiger partial charge on any atom is -0.493 e. The minimum absolute atomic E-state index is 0.262. The monoisotopic (exact) mass is 381 g/mol. The molecule has 2 heterocycles. The maximum atomic E-state index is 12.3. The molecule has 0 spiro atoms. The number of ether oxygens (including phenoxy) is 2. The van der Waals surface area contributed by atoms with Crippen molar-refractivity contribution in [2.75, 3.05) is 20.8 Å². The van der Waals surface area contributed by atoms with Gasteiger partial charge in [-0.3, -0.25) is 4.79 Å². The van der Waals surface area contributed by atoms with E-state index >= 15 is 0 Å². The Labute approximate surface area is 163 Å². The summed E-state index contributed by atoms with van der Waals surface area (Å²) < 4.78 is 12.2. The molecule has 0 saturated heterocycles. The van der Waals surface area contributed by atoms with Crippen LogP contribution in [0.1, 0.15) is 27.4 Å². The molecule has 0 aliphatic carbocycles. The lowest BCUT2D eigenvalue weighted by Crippen LogP contribution is -2.27. The second-order valence-corrected chi connectivity index (χ2v) is 6.31. The summed E-state index contributed by atoms with van der Waals surface area (Å²) in [5.74, 6) is 1.64. The largest absolute Gasteiger partial charge is 0.493 e. The highest BCUT2D eigenvalue weighted by Crippen LogP contribution is 2.27. The van der Waals surface area contributed by atoms with Crippen LogP contribution >= 0.6 is 0 Å². The molecular formula is C20H23N5O3. The fourth-order valence-corrected chi connectivity index (χ4v) is 2.87. The Balaban J connectivity index is 1.59. The summed E-state index contributed by atoms with van der Waals surface area (Å²) in [4.78, 5) is 12.3. The van der Waals surface area contributed by atoms with Crippen molar-refractivity contribution in [1.82, 2.24) is 25.3 Å². The molecule has 8 nitrogen and oxygen atoms in total. The molecule has 0 atom stereocenters. The molecule has 0 saturated carbocycles. The van der Waals surface area contributed by atoms with E-state index in [2.05, 4.69) is 20.6 Å². The summed E-state index contributed by atoms with van der Waals surface area (Å²) in [6, 6.07) is 11.0. The maximum Gasteiger partial charge on any atom is 0.271 e. The number of nitrogens with one attached hydrogen (secondary N) is 1. The van der Waals surface area contributed by atoms with Gasteiger partial charge in [0.2, 0.25) is 0 Å². The van der Waals surface area contributed by atoms with E-state index in [0.29, 0.717) is 30.3 Å². The van der Waals surface area contributed by atoms with E-state index in [9.17, 15) is 4.79 Å². The van der Waals surface area contributed by atoms with Gasteiger partial charge in [-0.25, -0.2) is 4.68 Å². The van der Waals surface area contributed by atoms with Crippen molar-refractivity contribution < 1.29 is 14.3 Å². The standard InChI is InChI=1S/C20H23N5O3/c1-13-11-14(2)25(24-13)19-8-6-16(22-23-19)20(26)21-10-9-15-5-7-17(27-3)18(12-15)28-4/h5-8,11-12H,9-10H2,1-4H3,(H,21,26). The van der Waals surface area contributed by atoms with Crippen molar-refractivity contribution in [2.24, 2.45) is 0 Å². The molecule has 0 radical (unpaired) electrons. The second-order valence-electron chi connectivity index (χ2n) is 6.31. The van der Waals surface area contributed by atoms with E-state index in [1.54, 1.807) is 31.0 Å². The van der Waals surface area contributed by atoms with Gasteiger partial charge in [0, 0.05) is 12.2 Å². The molecule has 1 amide bonds. The van der Waals surface area contributed by atoms with Gasteiger partial charge in [-0.05, 0) is 56.2 Å². The fraction of sp³-hybridized carbons (Fsp3) is 0.300. The third-order valence-corrected chi connectivity index (χ3v) is 4.26. The van der Waals surface area contributed by atoms with Crippen molar-refractivity contribution >= 4 is 5.91 Å². The van der Waals surface area contributed by atoms with Crippen LogP contribution in [0, 0.1) is 13.8 Å². The lowest BCUT2D eigenvalue weighted by Gasteiger charge is -2.10. The first-order valence-electron chi connectivity index (χ1n) is 8.88. The van der Waals surface area contributed by atoms with Gasteiger partial charge >= 0.3 is 0 Å². The number of benzene rings is 1. The molecule has 3 rings (SSSR count). The third-order valence-electron chi connectivity index (χ3n) is 4.26. The number of amides is 1. The Hall–Kier alpha value is -3.42. The van der Waals surface area contributed by atoms with Crippen LogP contribution in [-0.2, 0) is 6.42 Å². The Morgan fingerprint density at radius 3 is 2.43 bits per heavy atom. The van der Waals surface area contributed by atoms with Crippen LogP contribution in [0.4, 0.5) is 0 Å². The molecule has 0 fully saturated rings. The van der Waals surface area contributed by atoms with Gasteiger partial charge in [0.25, 0.3) is 5.91 Å². The van der Waals surface area contributed by atoms with E-state index in [1.807, 2.05) is 38.1 Å². The molecule has 1 aromatic carbocycles. The second kappa shape index (κ2) is 8.51. The zero-order chi connectivity index (χ0) is 20.1. The van der Waals surface area contributed by atoms with Crippen LogP contribution in [0.5, 0.6) is 11.5 Å². The predicted molar refractivity (Wildman–Crippen MR) is 104 cm³/mol. The van der Waals surface area contributed by atoms with Gasteiger partial charge in [0.05, 0.1) is 19.9 Å². The van der Waals surface area contributed by atoms with Gasteiger partial charge in [0.15, 0.2) is 23.0 Å². The molecule has 3 aromatic rings. The van der Waals surface area contributed by atoms with Crippen LogP contribution in [-0.4, -0.2) is 46.6 Å². The average Bonchev–Trinajstić information content (AvgIpc) is 3.05. The van der Waals surface area contributed by atoms with Crippen molar-refractivity contribution in [1.29, 1.82) is 0 Å². The Morgan fingerprint density at radius 2 is 1.82 bits per heavy atom. The molecule has 8 heteroatoms. The van der Waals surface area contributed by atoms with Crippen LogP contribution in [0.25, 0.3) is 5.82 Å². The van der Waals surface area contributed by atoms with Crippen molar-refractivity contribution in [3.63, 3.8) is 0 Å². The zero-order valence-electron chi connectivity index (χ0n) is 16.4. The maximum absolute atomic E-state index is 12.3. The summed E-state index contributed by atoms with van der Waals surface area (Å²) in [6.45, 7) is 4.32. The summed E-state index contributed by atoms with van der Waals surface area (Å²) in [5.41, 5.74) is 3.15. The predicted octanol–water partition coefficient (Wildman–Crippen LogP) is 2.27. The van der Waals surface area contributed by atoms with Gasteiger partial charge in [-0.1, -0.05) is 6.07 Å². The molecule has 0 unspecified atom stereocenters. The van der Waals surface area contributed by atoms with Crippen molar-refractivity contribution in [3.8, 4) is 17.3 Å². The summed E-state index contributed by atoms with van der Waals surface area (Å²) in [7, 11) is 3.19. The number of aryl methyl sites for hydroxylation is 2. The normalized spacial score (nSPS) is 10.6. The Bertz CT molecular complexity index is 966. The highest BCUT2D eigenvalue weighted by Gasteiger charge is 2.11. The van der Waals surface area contributed by atoms with Crippen molar-refractivity contribution in [3.05, 3.63) is 59.0 Å². The lowest BCUT2D eigenvalue weighted by atomic mass is 10.1. The summed E-state index contributed by atoms with van der Waals surface area (Å²) in [6.07, 6.45) is 0.656. The highest BCUT2D eigenvalue weighted by atomic mass is 16.5. The number of hydrogen-bond acceptors (Lipinski definition) is 6. The van der Waals surface area contributed by atoms with Crippen molar-refractivity contribution in [2.45, 2.75) is 20.3 Å². The van der Waals surface area contributed by atoms with E-state index in [0.717, 1.165) is 17.0 Å². The number of aromatic nitrogens is 4. The van der Waals surface area contributed by atoms with E-state index in [4.69, 9.17) is 9.47 Å². The molecule has 28 heavy (non-hydrogen) atoms. The van der Waals surface area contributed by atoms with Gasteiger partial charge in [-0.2, -0.15) is 5.10 Å². The number of carbonyl (C=O) groups is 1. The SMILES string of the molecule is COc1ccc(CCNC(=O)c2ccc(-n3nc(C)cc3C)nn2)cc1OC. The lowest BCUT2D eigenvalue weighted by molar-refractivity contribution is 0.0948. The molecular weight excluding hydrogens is 358 g/mol. The molecule has 1 N–H and O–H groups in total. The number of hydrogen-bond donors (Lipinski definition) is 1. The number of methoxy groups -OCH3 is 2. The average molecular weight is 381 g/mol. The molecule has 0 aliphatic heterocycles. The first-order valence-corrected chi connectivity index (χ1v) is 8.88. The molecule has 146 valence electrons.